The van der Waals surface area contributed by atoms with E-state index in [-0.39, 0.29) is 5.91 Å². The lowest BCUT2D eigenvalue weighted by Gasteiger charge is -2.11. The lowest BCUT2D eigenvalue weighted by atomic mass is 10.2. The zero-order valence-electron chi connectivity index (χ0n) is 13.9. The number of hydrogen-bond donors (Lipinski definition) is 2. The van der Waals surface area contributed by atoms with E-state index in [2.05, 4.69) is 15.6 Å². The van der Waals surface area contributed by atoms with Crippen molar-refractivity contribution in [2.24, 2.45) is 0 Å². The largest absolute Gasteiger partial charge is 0.492 e. The van der Waals surface area contributed by atoms with Crippen molar-refractivity contribution in [1.82, 2.24) is 4.98 Å². The predicted octanol–water partition coefficient (Wildman–Crippen LogP) is 3.94. The summed E-state index contributed by atoms with van der Waals surface area (Å²) in [5.41, 5.74) is 1.76. The van der Waals surface area contributed by atoms with E-state index in [0.29, 0.717) is 30.3 Å². The number of para-hydroxylation sites is 2. The molecule has 25 heavy (non-hydrogen) atoms. The molecular formula is C19H19N3O3. The summed E-state index contributed by atoms with van der Waals surface area (Å²) in [5.74, 6) is 1.18. The van der Waals surface area contributed by atoms with E-state index in [1.165, 1.54) is 0 Å². The number of nitrogens with zero attached hydrogens (tertiary/aromatic N) is 1. The lowest BCUT2D eigenvalue weighted by Crippen LogP contribution is -2.14. The smallest absolute Gasteiger partial charge is 0.274 e. The zero-order valence-corrected chi connectivity index (χ0v) is 13.9. The molecule has 0 unspecified atom stereocenters. The van der Waals surface area contributed by atoms with Crippen molar-refractivity contribution in [2.75, 3.05) is 17.2 Å². The summed E-state index contributed by atoms with van der Waals surface area (Å²) in [5, 5.41) is 6.00. The summed E-state index contributed by atoms with van der Waals surface area (Å²) in [6.45, 7) is 2.98. The normalized spacial score (nSPS) is 10.3. The Kier molecular flexibility index (Phi) is 5.31. The van der Waals surface area contributed by atoms with Crippen LogP contribution in [0.2, 0.25) is 0 Å². The van der Waals surface area contributed by atoms with Crippen molar-refractivity contribution in [2.45, 2.75) is 13.5 Å². The van der Waals surface area contributed by atoms with Gasteiger partial charge in [-0.1, -0.05) is 12.1 Å². The average molecular weight is 337 g/mol. The number of carbonyl (C=O) groups is 1. The van der Waals surface area contributed by atoms with Crippen molar-refractivity contribution in [3.8, 4) is 5.75 Å². The first-order chi connectivity index (χ1) is 12.3. The van der Waals surface area contributed by atoms with E-state index in [0.717, 1.165) is 11.4 Å². The van der Waals surface area contributed by atoms with Crippen LogP contribution in [0.25, 0.3) is 0 Å². The quantitative estimate of drug-likeness (QED) is 0.683. The third-order valence-electron chi connectivity index (χ3n) is 3.48. The van der Waals surface area contributed by atoms with E-state index in [4.69, 9.17) is 9.15 Å². The highest BCUT2D eigenvalue weighted by Gasteiger charge is 2.11. The third kappa shape index (κ3) is 4.38. The van der Waals surface area contributed by atoms with E-state index < -0.39 is 0 Å². The van der Waals surface area contributed by atoms with Gasteiger partial charge in [0.2, 0.25) is 0 Å². The molecule has 0 radical (unpaired) electrons. The van der Waals surface area contributed by atoms with Gasteiger partial charge in [-0.05, 0) is 43.3 Å². The van der Waals surface area contributed by atoms with E-state index in [9.17, 15) is 4.79 Å². The molecule has 2 aromatic heterocycles. The third-order valence-corrected chi connectivity index (χ3v) is 3.48. The molecule has 0 saturated heterocycles. The molecule has 0 atom stereocenters. The van der Waals surface area contributed by atoms with Crippen LogP contribution in [0.5, 0.6) is 5.75 Å². The van der Waals surface area contributed by atoms with Crippen LogP contribution in [0.4, 0.5) is 11.4 Å². The summed E-state index contributed by atoms with van der Waals surface area (Å²) >= 11 is 0. The van der Waals surface area contributed by atoms with Gasteiger partial charge >= 0.3 is 0 Å². The molecule has 0 aliphatic rings. The minimum atomic E-state index is -0.287. The molecule has 2 heterocycles. The molecule has 3 aromatic rings. The van der Waals surface area contributed by atoms with Crippen molar-refractivity contribution in [3.05, 3.63) is 72.4 Å². The van der Waals surface area contributed by atoms with Crippen molar-refractivity contribution < 1.29 is 13.9 Å². The summed E-state index contributed by atoms with van der Waals surface area (Å²) in [4.78, 5) is 16.6. The Hall–Kier alpha value is -3.28. The molecule has 1 aromatic carbocycles. The van der Waals surface area contributed by atoms with E-state index in [1.807, 2.05) is 37.3 Å². The molecule has 0 aliphatic heterocycles. The van der Waals surface area contributed by atoms with Crippen LogP contribution in [0, 0.1) is 0 Å². The second kappa shape index (κ2) is 8.01. The van der Waals surface area contributed by atoms with Gasteiger partial charge in [0.25, 0.3) is 5.91 Å². The van der Waals surface area contributed by atoms with Crippen LogP contribution in [0.15, 0.2) is 65.4 Å². The second-order valence-electron chi connectivity index (χ2n) is 5.25. The van der Waals surface area contributed by atoms with Gasteiger partial charge < -0.3 is 19.8 Å². The van der Waals surface area contributed by atoms with Gasteiger partial charge in [-0.15, -0.1) is 0 Å². The van der Waals surface area contributed by atoms with Gasteiger partial charge in [0.15, 0.2) is 0 Å². The number of benzene rings is 1. The van der Waals surface area contributed by atoms with Gasteiger partial charge in [-0.3, -0.25) is 4.79 Å². The Morgan fingerprint density at radius 2 is 2.04 bits per heavy atom. The minimum absolute atomic E-state index is 0.287. The fraction of sp³-hybridized carbons (Fsp3) is 0.158. The van der Waals surface area contributed by atoms with Crippen molar-refractivity contribution in [1.29, 1.82) is 0 Å². The maximum atomic E-state index is 12.4. The molecule has 0 fully saturated rings. The first kappa shape index (κ1) is 16.6. The topological polar surface area (TPSA) is 76.4 Å². The molecule has 0 spiro atoms. The van der Waals surface area contributed by atoms with Gasteiger partial charge in [0, 0.05) is 0 Å². The number of pyridine rings is 1. The zero-order chi connectivity index (χ0) is 17.5. The number of amides is 1. The minimum Gasteiger partial charge on any atom is -0.492 e. The molecule has 6 nitrogen and oxygen atoms in total. The highest BCUT2D eigenvalue weighted by Crippen LogP contribution is 2.24. The summed E-state index contributed by atoms with van der Waals surface area (Å²) in [7, 11) is 0. The molecule has 3 rings (SSSR count). The number of rotatable bonds is 7. The van der Waals surface area contributed by atoms with Crippen LogP contribution in [0.1, 0.15) is 23.2 Å². The number of anilines is 2. The summed E-state index contributed by atoms with van der Waals surface area (Å²) < 4.78 is 10.8. The first-order valence-electron chi connectivity index (χ1n) is 8.01. The van der Waals surface area contributed by atoms with Crippen molar-refractivity contribution in [3.63, 3.8) is 0 Å². The van der Waals surface area contributed by atoms with Crippen LogP contribution in [0.3, 0.4) is 0 Å². The summed E-state index contributed by atoms with van der Waals surface area (Å²) in [6.07, 6.45) is 3.25. The number of nitrogens with one attached hydrogen (secondary N) is 2. The fourth-order valence-electron chi connectivity index (χ4n) is 2.27. The molecule has 2 N–H and O–H groups in total. The molecule has 1 amide bonds. The number of aromatic nitrogens is 1. The van der Waals surface area contributed by atoms with E-state index in [1.54, 1.807) is 30.7 Å². The lowest BCUT2D eigenvalue weighted by molar-refractivity contribution is 0.102. The van der Waals surface area contributed by atoms with Gasteiger partial charge in [0.1, 0.15) is 17.2 Å². The monoisotopic (exact) mass is 337 g/mol. The molecular weight excluding hydrogens is 318 g/mol. The van der Waals surface area contributed by atoms with Gasteiger partial charge in [-0.25, -0.2) is 4.98 Å². The highest BCUT2D eigenvalue weighted by atomic mass is 16.5. The Bertz CT molecular complexity index is 814. The van der Waals surface area contributed by atoms with Crippen LogP contribution in [-0.2, 0) is 6.54 Å². The van der Waals surface area contributed by atoms with Crippen LogP contribution in [-0.4, -0.2) is 17.5 Å². The first-order valence-corrected chi connectivity index (χ1v) is 8.01. The number of carbonyl (C=O) groups excluding carboxylic acids is 1. The molecule has 6 heteroatoms. The predicted molar refractivity (Wildman–Crippen MR) is 95.8 cm³/mol. The Morgan fingerprint density at radius 3 is 2.76 bits per heavy atom. The van der Waals surface area contributed by atoms with Gasteiger partial charge in [-0.2, -0.15) is 0 Å². The van der Waals surface area contributed by atoms with Crippen LogP contribution >= 0.6 is 0 Å². The highest BCUT2D eigenvalue weighted by molar-refractivity contribution is 6.03. The Morgan fingerprint density at radius 1 is 1.16 bits per heavy atom. The molecule has 0 saturated carbocycles. The second-order valence-corrected chi connectivity index (χ2v) is 5.25. The Balaban J connectivity index is 1.62. The SMILES string of the molecule is CCOc1ccccc1NC(=O)c1ccc(NCc2ccco2)cn1. The molecule has 0 aliphatic carbocycles. The molecule has 128 valence electrons. The number of ether oxygens (including phenoxy) is 1. The maximum absolute atomic E-state index is 12.4. The van der Waals surface area contributed by atoms with Gasteiger partial charge in [0.05, 0.1) is 37.0 Å². The molecule has 0 bridgehead atoms. The Labute approximate surface area is 145 Å². The van der Waals surface area contributed by atoms with Crippen molar-refractivity contribution >= 4 is 17.3 Å². The van der Waals surface area contributed by atoms with E-state index >= 15 is 0 Å². The maximum Gasteiger partial charge on any atom is 0.274 e. The average Bonchev–Trinajstić information content (AvgIpc) is 3.16. The number of furan rings is 1. The standard InChI is InChI=1S/C19H19N3O3/c1-2-24-18-8-4-3-7-16(18)22-19(23)17-10-9-14(12-21-17)20-13-15-6-5-11-25-15/h3-12,20H,2,13H2,1H3,(H,22,23). The number of hydrogen-bond acceptors (Lipinski definition) is 5. The fourth-order valence-corrected chi connectivity index (χ4v) is 2.27. The van der Waals surface area contributed by atoms with Crippen LogP contribution < -0.4 is 15.4 Å². The summed E-state index contributed by atoms with van der Waals surface area (Å²) in [6, 6.07) is 14.5.